The Balaban J connectivity index is 2.16. The van der Waals surface area contributed by atoms with Crippen molar-refractivity contribution in [2.24, 2.45) is 0 Å². The van der Waals surface area contributed by atoms with E-state index in [9.17, 15) is 28.1 Å². The van der Waals surface area contributed by atoms with Gasteiger partial charge < -0.3 is 4.90 Å². The average molecular weight is 377 g/mol. The van der Waals surface area contributed by atoms with Crippen LogP contribution in [0.5, 0.6) is 0 Å². The molecule has 0 unspecified atom stereocenters. The van der Waals surface area contributed by atoms with Crippen LogP contribution in [0.3, 0.4) is 0 Å². The molecule has 10 heteroatoms. The SMILES string of the molecule is CSc1ccc([N+](=O)[O-])c(C(=O)N2CCCN(CC(F)(F)F)CC2)c1. The molecule has 0 radical (unpaired) electrons. The first-order chi connectivity index (χ1) is 11.7. The van der Waals surface area contributed by atoms with Gasteiger partial charge in [0.25, 0.3) is 11.6 Å². The van der Waals surface area contributed by atoms with E-state index in [1.54, 1.807) is 12.3 Å². The first-order valence-corrected chi connectivity index (χ1v) is 8.84. The van der Waals surface area contributed by atoms with Crippen molar-refractivity contribution in [3.05, 3.63) is 33.9 Å². The van der Waals surface area contributed by atoms with E-state index < -0.39 is 23.6 Å². The lowest BCUT2D eigenvalue weighted by Crippen LogP contribution is -2.38. The third-order valence-corrected chi connectivity index (χ3v) is 4.63. The zero-order chi connectivity index (χ0) is 18.6. The molecule has 25 heavy (non-hydrogen) atoms. The summed E-state index contributed by atoms with van der Waals surface area (Å²) in [4.78, 5) is 26.6. The summed E-state index contributed by atoms with van der Waals surface area (Å²) in [7, 11) is 0. The quantitative estimate of drug-likeness (QED) is 0.458. The van der Waals surface area contributed by atoms with E-state index >= 15 is 0 Å². The Morgan fingerprint density at radius 2 is 2.00 bits per heavy atom. The summed E-state index contributed by atoms with van der Waals surface area (Å²) < 4.78 is 37.6. The molecule has 6 nitrogen and oxygen atoms in total. The topological polar surface area (TPSA) is 66.7 Å². The Morgan fingerprint density at radius 3 is 2.60 bits per heavy atom. The Kier molecular flexibility index (Phi) is 6.28. The molecule has 1 heterocycles. The van der Waals surface area contributed by atoms with Crippen LogP contribution in [0.2, 0.25) is 0 Å². The maximum atomic E-state index is 12.7. The Labute approximate surface area is 147 Å². The molecule has 1 aromatic rings. The van der Waals surface area contributed by atoms with Gasteiger partial charge in [0.05, 0.1) is 11.5 Å². The molecule has 1 aliphatic rings. The third kappa shape index (κ3) is 5.33. The number of carbonyl (C=O) groups is 1. The van der Waals surface area contributed by atoms with Gasteiger partial charge >= 0.3 is 6.18 Å². The standard InChI is InChI=1S/C15H18F3N3O3S/c1-25-11-3-4-13(21(23)24)12(9-11)14(22)20-6-2-5-19(7-8-20)10-15(16,17)18/h3-4,9H,2,5-8,10H2,1H3. The Morgan fingerprint density at radius 1 is 1.28 bits per heavy atom. The van der Waals surface area contributed by atoms with Crippen molar-refractivity contribution >= 4 is 23.4 Å². The highest BCUT2D eigenvalue weighted by atomic mass is 32.2. The number of benzene rings is 1. The summed E-state index contributed by atoms with van der Waals surface area (Å²) in [5.74, 6) is -0.517. The van der Waals surface area contributed by atoms with Gasteiger partial charge in [0.15, 0.2) is 0 Å². The van der Waals surface area contributed by atoms with Gasteiger partial charge in [-0.2, -0.15) is 13.2 Å². The molecule has 0 aromatic heterocycles. The van der Waals surface area contributed by atoms with Crippen LogP contribution in [0, 0.1) is 10.1 Å². The van der Waals surface area contributed by atoms with Crippen LogP contribution in [0.1, 0.15) is 16.8 Å². The molecule has 0 spiro atoms. The van der Waals surface area contributed by atoms with Crippen LogP contribution < -0.4 is 0 Å². The fraction of sp³-hybridized carbons (Fsp3) is 0.533. The number of rotatable bonds is 4. The lowest BCUT2D eigenvalue weighted by atomic mass is 10.1. The van der Waals surface area contributed by atoms with Gasteiger partial charge in [-0.3, -0.25) is 19.8 Å². The molecule has 1 saturated heterocycles. The minimum absolute atomic E-state index is 0.0267. The van der Waals surface area contributed by atoms with E-state index in [1.807, 2.05) is 0 Å². The predicted octanol–water partition coefficient (Wildman–Crippen LogP) is 3.03. The highest BCUT2D eigenvalue weighted by molar-refractivity contribution is 7.98. The van der Waals surface area contributed by atoms with Gasteiger partial charge in [-0.05, 0) is 24.8 Å². The Hall–Kier alpha value is -1.81. The van der Waals surface area contributed by atoms with Gasteiger partial charge in [0.2, 0.25) is 0 Å². The van der Waals surface area contributed by atoms with E-state index in [0.29, 0.717) is 11.3 Å². The van der Waals surface area contributed by atoms with Crippen molar-refractivity contribution in [1.82, 2.24) is 9.80 Å². The number of nitrogens with zero attached hydrogens (tertiary/aromatic N) is 3. The number of carbonyl (C=O) groups excluding carboxylic acids is 1. The number of thioether (sulfide) groups is 1. The van der Waals surface area contributed by atoms with E-state index in [-0.39, 0.29) is 37.4 Å². The number of nitro groups is 1. The van der Waals surface area contributed by atoms with Gasteiger partial charge in [-0.25, -0.2) is 0 Å². The third-order valence-electron chi connectivity index (χ3n) is 3.91. The molecule has 2 rings (SSSR count). The number of nitro benzene ring substituents is 1. The second-order valence-corrected chi connectivity index (χ2v) is 6.56. The van der Waals surface area contributed by atoms with Gasteiger partial charge in [0, 0.05) is 37.1 Å². The van der Waals surface area contributed by atoms with Crippen molar-refractivity contribution in [2.75, 3.05) is 39.0 Å². The van der Waals surface area contributed by atoms with Crippen LogP contribution >= 0.6 is 11.8 Å². The van der Waals surface area contributed by atoms with E-state index in [0.717, 1.165) is 0 Å². The monoisotopic (exact) mass is 377 g/mol. The fourth-order valence-electron chi connectivity index (χ4n) is 2.73. The number of halogens is 3. The molecular weight excluding hydrogens is 359 g/mol. The lowest BCUT2D eigenvalue weighted by molar-refractivity contribution is -0.385. The van der Waals surface area contributed by atoms with Gasteiger partial charge in [0.1, 0.15) is 5.56 Å². The molecule has 0 bridgehead atoms. The smallest absolute Gasteiger partial charge is 0.337 e. The van der Waals surface area contributed by atoms with Crippen molar-refractivity contribution in [1.29, 1.82) is 0 Å². The summed E-state index contributed by atoms with van der Waals surface area (Å²) in [5.41, 5.74) is -0.319. The molecule has 0 aliphatic carbocycles. The molecule has 1 fully saturated rings. The van der Waals surface area contributed by atoms with Crippen molar-refractivity contribution < 1.29 is 22.9 Å². The summed E-state index contributed by atoms with van der Waals surface area (Å²) in [6, 6.07) is 4.31. The molecule has 1 aliphatic heterocycles. The maximum Gasteiger partial charge on any atom is 0.401 e. The second-order valence-electron chi connectivity index (χ2n) is 5.68. The zero-order valence-electron chi connectivity index (χ0n) is 13.6. The van der Waals surface area contributed by atoms with Gasteiger partial charge in [-0.1, -0.05) is 0 Å². The van der Waals surface area contributed by atoms with Crippen molar-refractivity contribution in [3.63, 3.8) is 0 Å². The normalized spacial score (nSPS) is 16.6. The summed E-state index contributed by atoms with van der Waals surface area (Å²) in [5, 5.41) is 11.2. The van der Waals surface area contributed by atoms with Crippen LogP contribution in [-0.2, 0) is 0 Å². The van der Waals surface area contributed by atoms with Crippen LogP contribution in [0.25, 0.3) is 0 Å². The minimum atomic E-state index is -4.29. The lowest BCUT2D eigenvalue weighted by Gasteiger charge is -2.23. The van der Waals surface area contributed by atoms with Crippen molar-refractivity contribution in [3.8, 4) is 0 Å². The van der Waals surface area contributed by atoms with E-state index in [4.69, 9.17) is 0 Å². The highest BCUT2D eigenvalue weighted by Crippen LogP contribution is 2.26. The highest BCUT2D eigenvalue weighted by Gasteiger charge is 2.32. The number of hydrogen-bond donors (Lipinski definition) is 0. The fourth-order valence-corrected chi connectivity index (χ4v) is 3.17. The maximum absolute atomic E-state index is 12.7. The van der Waals surface area contributed by atoms with Crippen molar-refractivity contribution in [2.45, 2.75) is 17.5 Å². The zero-order valence-corrected chi connectivity index (χ0v) is 14.4. The summed E-state index contributed by atoms with van der Waals surface area (Å²) >= 11 is 1.35. The molecule has 1 aromatic carbocycles. The summed E-state index contributed by atoms with van der Waals surface area (Å²) in [6.45, 7) is -0.321. The second kappa shape index (κ2) is 8.05. The van der Waals surface area contributed by atoms with Crippen LogP contribution in [-0.4, -0.2) is 65.8 Å². The Bertz CT molecular complexity index is 655. The average Bonchev–Trinajstić information content (AvgIpc) is 2.77. The van der Waals surface area contributed by atoms with E-state index in [1.165, 1.54) is 33.7 Å². The van der Waals surface area contributed by atoms with Crippen LogP contribution in [0.4, 0.5) is 18.9 Å². The number of hydrogen-bond acceptors (Lipinski definition) is 5. The molecule has 0 saturated carbocycles. The molecule has 1 amide bonds. The molecule has 138 valence electrons. The number of amides is 1. The molecular formula is C15H18F3N3O3S. The first kappa shape index (κ1) is 19.5. The predicted molar refractivity (Wildman–Crippen MR) is 87.9 cm³/mol. The first-order valence-electron chi connectivity index (χ1n) is 7.62. The minimum Gasteiger partial charge on any atom is -0.337 e. The largest absolute Gasteiger partial charge is 0.401 e. The molecule has 0 atom stereocenters. The van der Waals surface area contributed by atoms with E-state index in [2.05, 4.69) is 0 Å². The van der Waals surface area contributed by atoms with Gasteiger partial charge in [-0.15, -0.1) is 11.8 Å². The summed E-state index contributed by atoms with van der Waals surface area (Å²) in [6.07, 6.45) is -2.11. The molecule has 0 N–H and O–H groups in total. The van der Waals surface area contributed by atoms with Crippen LogP contribution in [0.15, 0.2) is 23.1 Å². The number of alkyl halides is 3.